The van der Waals surface area contributed by atoms with Gasteiger partial charge in [-0.05, 0) is 13.3 Å². The molecule has 132 valence electrons. The summed E-state index contributed by atoms with van der Waals surface area (Å²) in [6.45, 7) is 4.39. The van der Waals surface area contributed by atoms with Crippen molar-refractivity contribution in [3.63, 3.8) is 0 Å². The number of carbonyl (C=O) groups excluding carboxylic acids is 1. The molecule has 0 aromatic carbocycles. The van der Waals surface area contributed by atoms with E-state index in [0.29, 0.717) is 6.61 Å². The molecule has 7 heteroatoms. The normalized spacial score (nSPS) is 12.7. The monoisotopic (exact) mass is 330 g/mol. The lowest BCUT2D eigenvalue weighted by Gasteiger charge is -2.12. The van der Waals surface area contributed by atoms with E-state index in [1.165, 1.54) is 13.0 Å². The number of rotatable bonds is 13. The number of unbranched alkanes of at least 4 members (excludes halogenated alkanes) is 3. The number of esters is 1. The Bertz CT molecular complexity index is 415. The van der Waals surface area contributed by atoms with Crippen molar-refractivity contribution in [3.05, 3.63) is 11.6 Å². The third-order valence-electron chi connectivity index (χ3n) is 3.24. The van der Waals surface area contributed by atoms with Gasteiger partial charge in [-0.2, -0.15) is 0 Å². The minimum atomic E-state index is -1.42. The van der Waals surface area contributed by atoms with Crippen LogP contribution in [-0.4, -0.2) is 47.9 Å². The van der Waals surface area contributed by atoms with Crippen LogP contribution in [0.3, 0.4) is 0 Å². The van der Waals surface area contributed by atoms with E-state index in [9.17, 15) is 14.4 Å². The minimum absolute atomic E-state index is 0.0250. The minimum Gasteiger partial charge on any atom is -0.481 e. The third-order valence-corrected chi connectivity index (χ3v) is 3.24. The highest BCUT2D eigenvalue weighted by molar-refractivity contribution is 5.95. The maximum Gasteiger partial charge on any atom is 0.332 e. The molecule has 7 nitrogen and oxygen atoms in total. The van der Waals surface area contributed by atoms with Crippen molar-refractivity contribution in [2.45, 2.75) is 46.0 Å². The smallest absolute Gasteiger partial charge is 0.332 e. The number of ether oxygens (including phenoxy) is 2. The van der Waals surface area contributed by atoms with Crippen LogP contribution in [0, 0.1) is 5.92 Å². The van der Waals surface area contributed by atoms with Gasteiger partial charge in [-0.3, -0.25) is 9.59 Å². The van der Waals surface area contributed by atoms with Crippen molar-refractivity contribution in [2.24, 2.45) is 5.92 Å². The predicted octanol–water partition coefficient (Wildman–Crippen LogP) is 2.25. The van der Waals surface area contributed by atoms with Crippen LogP contribution in [0.5, 0.6) is 0 Å². The molecule has 1 atom stereocenters. The fourth-order valence-corrected chi connectivity index (χ4v) is 1.98. The van der Waals surface area contributed by atoms with Crippen LogP contribution in [0.25, 0.3) is 0 Å². The molecule has 0 heterocycles. The Balaban J connectivity index is 4.07. The van der Waals surface area contributed by atoms with Gasteiger partial charge in [0.15, 0.2) is 0 Å². The average Bonchev–Trinajstić information content (AvgIpc) is 2.49. The molecule has 1 unspecified atom stereocenters. The van der Waals surface area contributed by atoms with Gasteiger partial charge < -0.3 is 19.7 Å². The van der Waals surface area contributed by atoms with Crippen molar-refractivity contribution in [2.75, 3.05) is 19.8 Å². The summed E-state index contributed by atoms with van der Waals surface area (Å²) in [7, 11) is 0. The molecule has 0 aliphatic rings. The molecule has 0 saturated carbocycles. The van der Waals surface area contributed by atoms with Crippen LogP contribution in [0.15, 0.2) is 11.6 Å². The molecule has 0 fully saturated rings. The second-order valence-electron chi connectivity index (χ2n) is 5.04. The number of hydrogen-bond donors (Lipinski definition) is 2. The summed E-state index contributed by atoms with van der Waals surface area (Å²) in [6.07, 6.45) is 5.01. The van der Waals surface area contributed by atoms with E-state index in [0.717, 1.165) is 25.7 Å². The van der Waals surface area contributed by atoms with Gasteiger partial charge in [0.2, 0.25) is 0 Å². The van der Waals surface area contributed by atoms with Crippen LogP contribution in [0.4, 0.5) is 0 Å². The van der Waals surface area contributed by atoms with Gasteiger partial charge >= 0.3 is 17.9 Å². The number of aliphatic carboxylic acids is 2. The second kappa shape index (κ2) is 12.6. The van der Waals surface area contributed by atoms with E-state index in [1.54, 1.807) is 0 Å². The molecule has 0 aromatic heterocycles. The maximum atomic E-state index is 11.6. The van der Waals surface area contributed by atoms with Crippen LogP contribution in [0.1, 0.15) is 46.0 Å². The second-order valence-corrected chi connectivity index (χ2v) is 5.04. The quantitative estimate of drug-likeness (QED) is 0.303. The lowest BCUT2D eigenvalue weighted by Crippen LogP contribution is -2.25. The zero-order valence-electron chi connectivity index (χ0n) is 13.7. The molecular formula is C16H26O7. The number of hydrogen-bond acceptors (Lipinski definition) is 5. The summed E-state index contributed by atoms with van der Waals surface area (Å²) in [5.74, 6) is -4.90. The first-order valence-electron chi connectivity index (χ1n) is 7.79. The third kappa shape index (κ3) is 9.67. The first kappa shape index (κ1) is 21.1. The Morgan fingerprint density at radius 1 is 1.04 bits per heavy atom. The summed E-state index contributed by atoms with van der Waals surface area (Å²) in [6, 6.07) is 0. The van der Waals surface area contributed by atoms with E-state index in [-0.39, 0.29) is 18.8 Å². The Kier molecular flexibility index (Phi) is 11.6. The van der Waals surface area contributed by atoms with Crippen molar-refractivity contribution < 1.29 is 34.1 Å². The van der Waals surface area contributed by atoms with Crippen LogP contribution in [0.2, 0.25) is 0 Å². The lowest BCUT2D eigenvalue weighted by molar-refractivity contribution is -0.152. The van der Waals surface area contributed by atoms with E-state index in [4.69, 9.17) is 19.7 Å². The number of carbonyl (C=O) groups is 3. The van der Waals surface area contributed by atoms with Crippen molar-refractivity contribution in [3.8, 4) is 0 Å². The molecule has 0 aromatic rings. The van der Waals surface area contributed by atoms with Crippen molar-refractivity contribution in [1.29, 1.82) is 0 Å². The molecule has 0 rings (SSSR count). The first-order chi connectivity index (χ1) is 10.9. The zero-order valence-corrected chi connectivity index (χ0v) is 13.7. The van der Waals surface area contributed by atoms with Crippen molar-refractivity contribution in [1.82, 2.24) is 0 Å². The summed E-state index contributed by atoms with van der Waals surface area (Å²) >= 11 is 0. The van der Waals surface area contributed by atoms with Gasteiger partial charge in [-0.1, -0.05) is 32.3 Å². The predicted molar refractivity (Wildman–Crippen MR) is 83.1 cm³/mol. The van der Waals surface area contributed by atoms with E-state index < -0.39 is 30.2 Å². The summed E-state index contributed by atoms with van der Waals surface area (Å²) in [4.78, 5) is 33.7. The van der Waals surface area contributed by atoms with Crippen molar-refractivity contribution >= 4 is 17.9 Å². The summed E-state index contributed by atoms with van der Waals surface area (Å²) < 4.78 is 10.2. The van der Waals surface area contributed by atoms with Gasteiger partial charge in [-0.25, -0.2) is 4.79 Å². The van der Waals surface area contributed by atoms with Gasteiger partial charge in [0.1, 0.15) is 6.61 Å². The Morgan fingerprint density at radius 3 is 2.26 bits per heavy atom. The van der Waals surface area contributed by atoms with E-state index in [1.807, 2.05) is 0 Å². The summed E-state index contributed by atoms with van der Waals surface area (Å²) in [5.41, 5.74) is -0.332. The molecule has 0 aliphatic carbocycles. The Labute approximate surface area is 136 Å². The molecule has 0 aliphatic heterocycles. The van der Waals surface area contributed by atoms with E-state index in [2.05, 4.69) is 6.92 Å². The first-order valence-corrected chi connectivity index (χ1v) is 7.79. The van der Waals surface area contributed by atoms with E-state index >= 15 is 0 Å². The molecule has 0 amide bonds. The van der Waals surface area contributed by atoms with Gasteiger partial charge in [0.25, 0.3) is 0 Å². The van der Waals surface area contributed by atoms with Crippen LogP contribution in [-0.2, 0) is 23.9 Å². The molecular weight excluding hydrogens is 304 g/mol. The fourth-order valence-electron chi connectivity index (χ4n) is 1.98. The molecule has 2 N–H and O–H groups in total. The topological polar surface area (TPSA) is 110 Å². The fraction of sp³-hybridized carbons (Fsp3) is 0.688. The van der Waals surface area contributed by atoms with Gasteiger partial charge in [-0.15, -0.1) is 0 Å². The molecule has 23 heavy (non-hydrogen) atoms. The summed E-state index contributed by atoms with van der Waals surface area (Å²) in [5, 5.41) is 18.0. The highest BCUT2D eigenvalue weighted by Gasteiger charge is 2.29. The SMILES string of the molecule is CC=C(C(=O)O)C(CC(=O)OCCOCCCCCC)C(=O)O. The molecule has 0 radical (unpaired) electrons. The van der Waals surface area contributed by atoms with Gasteiger partial charge in [0, 0.05) is 12.2 Å². The molecule has 0 saturated heterocycles. The number of carboxylic acids is 2. The maximum absolute atomic E-state index is 11.6. The number of allylic oxidation sites excluding steroid dienone is 1. The standard InChI is InChI=1S/C16H26O7/c1-3-5-6-7-8-22-9-10-23-14(17)11-13(16(20)21)12(4-2)15(18)19/h4,13H,3,5-11H2,1-2H3,(H,18,19)(H,20,21). The van der Waals surface area contributed by atoms with Crippen LogP contribution < -0.4 is 0 Å². The van der Waals surface area contributed by atoms with Crippen LogP contribution >= 0.6 is 0 Å². The van der Waals surface area contributed by atoms with Gasteiger partial charge in [0.05, 0.1) is 18.9 Å². The molecule has 0 spiro atoms. The number of carboxylic acid groups (broad SMARTS) is 2. The largest absolute Gasteiger partial charge is 0.481 e. The Hall–Kier alpha value is -1.89. The average molecular weight is 330 g/mol. The lowest BCUT2D eigenvalue weighted by atomic mass is 9.95. The zero-order chi connectivity index (χ0) is 17.7. The highest BCUT2D eigenvalue weighted by atomic mass is 16.6. The Morgan fingerprint density at radius 2 is 1.74 bits per heavy atom. The molecule has 0 bridgehead atoms. The highest BCUT2D eigenvalue weighted by Crippen LogP contribution is 2.17.